The van der Waals surface area contributed by atoms with Crippen LogP contribution in [0.1, 0.15) is 25.0 Å². The second-order valence-corrected chi connectivity index (χ2v) is 18.9. The number of rotatable bonds is 3. The van der Waals surface area contributed by atoms with Gasteiger partial charge in [-0.2, -0.15) is 0 Å². The van der Waals surface area contributed by atoms with E-state index in [1.54, 1.807) is 0 Å². The molecule has 0 bridgehead atoms. The molecule has 0 radical (unpaired) electrons. The lowest BCUT2D eigenvalue weighted by molar-refractivity contribution is 0.660. The van der Waals surface area contributed by atoms with Gasteiger partial charge in [0.15, 0.2) is 0 Å². The molecular weight excluding hydrogens is 749 g/mol. The van der Waals surface area contributed by atoms with E-state index in [2.05, 4.69) is 196 Å². The third-order valence-corrected chi connectivity index (χ3v) is 15.6. The topological polar surface area (TPSA) is 0 Å². The first-order valence-electron chi connectivity index (χ1n) is 20.5. The van der Waals surface area contributed by atoms with Gasteiger partial charge in [-0.25, -0.2) is 0 Å². The summed E-state index contributed by atoms with van der Waals surface area (Å²) < 4.78 is 5.44. The SMILES string of the molecule is CC1(C)c2ccc(-c3cccc4c3sc3cc5c(cc34)sc3ccccc35)cc2-c2ccc(-c3c4ccccc4c(-c4cccc5ccccc45)c4ccccc34)cc21. The van der Waals surface area contributed by atoms with Gasteiger partial charge < -0.3 is 0 Å². The van der Waals surface area contributed by atoms with Crippen molar-refractivity contribution >= 4 is 95.3 Å². The third-order valence-electron chi connectivity index (χ3n) is 13.3. The van der Waals surface area contributed by atoms with Crippen molar-refractivity contribution in [3.8, 4) is 44.5 Å². The Hall–Kier alpha value is -6.58. The first-order chi connectivity index (χ1) is 29.0. The maximum atomic E-state index is 2.50. The van der Waals surface area contributed by atoms with Crippen molar-refractivity contribution in [3.05, 3.63) is 193 Å². The van der Waals surface area contributed by atoms with Crippen LogP contribution in [0.5, 0.6) is 0 Å². The smallest absolute Gasteiger partial charge is 0.0433 e. The highest BCUT2D eigenvalue weighted by molar-refractivity contribution is 7.27. The number of hydrogen-bond donors (Lipinski definition) is 0. The molecule has 0 saturated heterocycles. The van der Waals surface area contributed by atoms with E-state index in [0.717, 1.165) is 0 Å². The van der Waals surface area contributed by atoms with Gasteiger partial charge in [-0.3, -0.25) is 0 Å². The maximum absolute atomic E-state index is 2.50. The van der Waals surface area contributed by atoms with Gasteiger partial charge in [0.05, 0.1) is 0 Å². The van der Waals surface area contributed by atoms with Crippen molar-refractivity contribution in [2.24, 2.45) is 0 Å². The summed E-state index contributed by atoms with van der Waals surface area (Å²) in [6, 6.07) is 68.6. The van der Waals surface area contributed by atoms with Gasteiger partial charge in [0, 0.05) is 45.8 Å². The summed E-state index contributed by atoms with van der Waals surface area (Å²) in [6.07, 6.45) is 0. The molecule has 0 saturated carbocycles. The number of benzene rings is 10. The van der Waals surface area contributed by atoms with Crippen LogP contribution in [-0.4, -0.2) is 0 Å². The quantitative estimate of drug-likeness (QED) is 0.157. The Morgan fingerprint density at radius 2 is 0.898 bits per heavy atom. The predicted molar refractivity (Wildman–Crippen MR) is 259 cm³/mol. The van der Waals surface area contributed by atoms with Gasteiger partial charge in [0.2, 0.25) is 0 Å². The number of hydrogen-bond acceptors (Lipinski definition) is 2. The second-order valence-electron chi connectivity index (χ2n) is 16.7. The van der Waals surface area contributed by atoms with Crippen LogP contribution in [-0.2, 0) is 5.41 Å². The maximum Gasteiger partial charge on any atom is 0.0433 e. The molecule has 0 amide bonds. The van der Waals surface area contributed by atoms with Gasteiger partial charge in [0.25, 0.3) is 0 Å². The summed E-state index contributed by atoms with van der Waals surface area (Å²) in [4.78, 5) is 0. The molecule has 1 aliphatic carbocycles. The lowest BCUT2D eigenvalue weighted by atomic mass is 9.80. The zero-order valence-electron chi connectivity index (χ0n) is 32.6. The van der Waals surface area contributed by atoms with Gasteiger partial charge >= 0.3 is 0 Å². The highest BCUT2D eigenvalue weighted by atomic mass is 32.1. The number of fused-ring (bicyclic) bond motifs is 12. The zero-order valence-corrected chi connectivity index (χ0v) is 34.3. The van der Waals surface area contributed by atoms with Gasteiger partial charge in [-0.15, -0.1) is 22.7 Å². The van der Waals surface area contributed by atoms with Gasteiger partial charge in [-0.1, -0.05) is 166 Å². The Balaban J connectivity index is 0.974. The molecule has 10 aromatic carbocycles. The van der Waals surface area contributed by atoms with Crippen LogP contribution in [0.3, 0.4) is 0 Å². The Kier molecular flexibility index (Phi) is 6.92. The van der Waals surface area contributed by atoms with Crippen LogP contribution < -0.4 is 0 Å². The number of thiophene rings is 2. The van der Waals surface area contributed by atoms with Crippen LogP contribution in [0.4, 0.5) is 0 Å². The monoisotopic (exact) mass is 784 g/mol. The van der Waals surface area contributed by atoms with Crippen molar-refractivity contribution in [2.45, 2.75) is 19.3 Å². The average molecular weight is 785 g/mol. The van der Waals surface area contributed by atoms with E-state index in [0.29, 0.717) is 0 Å². The summed E-state index contributed by atoms with van der Waals surface area (Å²) in [5.41, 5.74) is 13.1. The molecular formula is C57H36S2. The zero-order chi connectivity index (χ0) is 39.0. The van der Waals surface area contributed by atoms with Crippen LogP contribution in [0.25, 0.3) is 117 Å². The fourth-order valence-corrected chi connectivity index (χ4v) is 12.9. The molecule has 0 nitrogen and oxygen atoms in total. The summed E-state index contributed by atoms with van der Waals surface area (Å²) in [7, 11) is 0. The normalized spacial score (nSPS) is 13.4. The van der Waals surface area contributed by atoms with E-state index < -0.39 is 0 Å². The van der Waals surface area contributed by atoms with E-state index in [-0.39, 0.29) is 5.41 Å². The average Bonchev–Trinajstić information content (AvgIpc) is 3.90. The Bertz CT molecular complexity index is 3700. The standard InChI is InChI=1S/C57H36S2/c1-57(2)49-28-26-34(37-21-12-23-45-48-32-52-47(31-53(48)59-56(37)45)39-16-9-10-24-51(39)58-52)29-46(49)38-27-25-35(30-50(38)57)54-41-17-5-7-19-43(41)55(44-20-8-6-18-42(44)54)40-22-11-14-33-13-3-4-15-36(33)40/h3-32H,1-2H3. The van der Waals surface area contributed by atoms with Crippen LogP contribution >= 0.6 is 22.7 Å². The predicted octanol–water partition coefficient (Wildman–Crippen LogP) is 17.2. The largest absolute Gasteiger partial charge is 0.135 e. The molecule has 0 spiro atoms. The molecule has 0 atom stereocenters. The van der Waals surface area contributed by atoms with Crippen LogP contribution in [0.2, 0.25) is 0 Å². The van der Waals surface area contributed by atoms with Crippen molar-refractivity contribution < 1.29 is 0 Å². The molecule has 0 unspecified atom stereocenters. The van der Waals surface area contributed by atoms with Crippen molar-refractivity contribution in [2.75, 3.05) is 0 Å². The summed E-state index contributed by atoms with van der Waals surface area (Å²) in [6.45, 7) is 4.81. The van der Waals surface area contributed by atoms with Gasteiger partial charge in [0.1, 0.15) is 0 Å². The van der Waals surface area contributed by atoms with E-state index in [9.17, 15) is 0 Å². The summed E-state index contributed by atoms with van der Waals surface area (Å²) in [5, 5.41) is 13.1. The molecule has 0 N–H and O–H groups in total. The molecule has 1 aliphatic rings. The van der Waals surface area contributed by atoms with E-state index in [4.69, 9.17) is 0 Å². The molecule has 2 heterocycles. The highest BCUT2D eigenvalue weighted by Crippen LogP contribution is 2.53. The molecule has 276 valence electrons. The van der Waals surface area contributed by atoms with E-state index >= 15 is 0 Å². The fourth-order valence-electron chi connectivity index (χ4n) is 10.5. The Morgan fingerprint density at radius 1 is 0.322 bits per heavy atom. The van der Waals surface area contributed by atoms with Crippen molar-refractivity contribution in [1.29, 1.82) is 0 Å². The molecule has 12 aromatic rings. The molecule has 2 heteroatoms. The Morgan fingerprint density at radius 3 is 1.68 bits per heavy atom. The molecule has 59 heavy (non-hydrogen) atoms. The minimum Gasteiger partial charge on any atom is -0.135 e. The van der Waals surface area contributed by atoms with E-state index in [1.165, 1.54) is 128 Å². The molecule has 13 rings (SSSR count). The first-order valence-corrected chi connectivity index (χ1v) is 22.1. The molecule has 0 aliphatic heterocycles. The minimum atomic E-state index is -0.147. The first kappa shape index (κ1) is 33.4. The molecule has 2 aromatic heterocycles. The summed E-state index contributed by atoms with van der Waals surface area (Å²) >= 11 is 3.83. The third kappa shape index (κ3) is 4.70. The fraction of sp³-hybridized carbons (Fsp3) is 0.0526. The molecule has 0 fully saturated rings. The summed E-state index contributed by atoms with van der Waals surface area (Å²) in [5.74, 6) is 0. The van der Waals surface area contributed by atoms with Gasteiger partial charge in [-0.05, 0) is 118 Å². The Labute approximate surface area is 350 Å². The lowest BCUT2D eigenvalue weighted by Gasteiger charge is -2.23. The lowest BCUT2D eigenvalue weighted by Crippen LogP contribution is -2.15. The van der Waals surface area contributed by atoms with Crippen molar-refractivity contribution in [1.82, 2.24) is 0 Å². The highest BCUT2D eigenvalue weighted by Gasteiger charge is 2.36. The van der Waals surface area contributed by atoms with Crippen LogP contribution in [0.15, 0.2) is 182 Å². The second kappa shape index (κ2) is 12.2. The van der Waals surface area contributed by atoms with Crippen LogP contribution in [0, 0.1) is 0 Å². The minimum absolute atomic E-state index is 0.147. The van der Waals surface area contributed by atoms with Crippen molar-refractivity contribution in [3.63, 3.8) is 0 Å². The van der Waals surface area contributed by atoms with E-state index in [1.807, 2.05) is 22.7 Å².